The van der Waals surface area contributed by atoms with Gasteiger partial charge in [-0.15, -0.1) is 0 Å². The lowest BCUT2D eigenvalue weighted by Gasteiger charge is -2.45. The van der Waals surface area contributed by atoms with Crippen molar-refractivity contribution in [3.8, 4) is 11.5 Å². The second-order valence-electron chi connectivity index (χ2n) is 8.46. The molecule has 0 saturated heterocycles. The Morgan fingerprint density at radius 3 is 2.35 bits per heavy atom. The van der Waals surface area contributed by atoms with Crippen molar-refractivity contribution in [1.82, 2.24) is 14.5 Å². The fourth-order valence-corrected chi connectivity index (χ4v) is 5.01. The number of nitrogens with zero attached hydrogens (tertiary/aromatic N) is 3. The number of hydrogen-bond donors (Lipinski definition) is 0. The third-order valence-corrected chi connectivity index (χ3v) is 6.47. The highest BCUT2D eigenvalue weighted by molar-refractivity contribution is 5.85. The van der Waals surface area contributed by atoms with E-state index in [0.29, 0.717) is 29.7 Å². The summed E-state index contributed by atoms with van der Waals surface area (Å²) in [6.45, 7) is 4.33. The highest BCUT2D eigenvalue weighted by Crippen LogP contribution is 2.45. The van der Waals surface area contributed by atoms with Crippen LogP contribution in [0.3, 0.4) is 0 Å². The van der Waals surface area contributed by atoms with Crippen LogP contribution in [0.1, 0.15) is 42.9 Å². The fraction of sp³-hybridized carbons (Fsp3) is 0.375. The van der Waals surface area contributed by atoms with Crippen molar-refractivity contribution in [3.63, 3.8) is 0 Å². The predicted octanol–water partition coefficient (Wildman–Crippen LogP) is 3.25. The first kappa shape index (κ1) is 19.6. The van der Waals surface area contributed by atoms with Crippen LogP contribution in [0.5, 0.6) is 11.5 Å². The van der Waals surface area contributed by atoms with Gasteiger partial charge in [0.25, 0.3) is 5.56 Å². The molecule has 0 spiro atoms. The Kier molecular flexibility index (Phi) is 4.50. The molecule has 5 rings (SSSR count). The number of methoxy groups -OCH3 is 2. The minimum absolute atomic E-state index is 0.0535. The minimum Gasteiger partial charge on any atom is -0.496 e. The zero-order chi connectivity index (χ0) is 21.9. The lowest BCUT2D eigenvalue weighted by molar-refractivity contribution is -0.143. The van der Waals surface area contributed by atoms with E-state index in [1.165, 1.54) is 0 Å². The van der Waals surface area contributed by atoms with Crippen molar-refractivity contribution in [2.45, 2.75) is 38.9 Å². The van der Waals surface area contributed by atoms with Crippen LogP contribution in [0.15, 0.2) is 41.2 Å². The zero-order valence-corrected chi connectivity index (χ0v) is 18.1. The van der Waals surface area contributed by atoms with Gasteiger partial charge in [0.05, 0.1) is 37.7 Å². The van der Waals surface area contributed by atoms with Crippen LogP contribution >= 0.6 is 0 Å². The van der Waals surface area contributed by atoms with Gasteiger partial charge in [0, 0.05) is 17.5 Å². The molecule has 1 aromatic heterocycles. The molecule has 160 valence electrons. The Morgan fingerprint density at radius 2 is 1.68 bits per heavy atom. The Morgan fingerprint density at radius 1 is 1.00 bits per heavy atom. The molecule has 2 aromatic carbocycles. The van der Waals surface area contributed by atoms with E-state index in [9.17, 15) is 9.59 Å². The van der Waals surface area contributed by atoms with Crippen molar-refractivity contribution in [2.75, 3.05) is 14.2 Å². The van der Waals surface area contributed by atoms with Crippen molar-refractivity contribution in [2.24, 2.45) is 5.92 Å². The van der Waals surface area contributed by atoms with Crippen molar-refractivity contribution >= 4 is 16.8 Å². The first-order valence-corrected chi connectivity index (χ1v) is 10.5. The fourth-order valence-electron chi connectivity index (χ4n) is 5.01. The van der Waals surface area contributed by atoms with Crippen LogP contribution < -0.4 is 15.0 Å². The standard InChI is InChI=1S/C24H25N3O4/c1-13(2)21-24(29)26-12-16-15(19(30-3)9-10-20(16)31-4)11-18(26)22-25-17-8-6-5-7-14(17)23(28)27(21)22/h5-10,13,18,21H,11-12H2,1-4H3/t18-,21+/m1/s1. The van der Waals surface area contributed by atoms with Gasteiger partial charge in [0.15, 0.2) is 0 Å². The molecule has 0 N–H and O–H groups in total. The number of carbonyl (C=O) groups is 1. The summed E-state index contributed by atoms with van der Waals surface area (Å²) in [5.41, 5.74) is 2.44. The van der Waals surface area contributed by atoms with E-state index in [-0.39, 0.29) is 23.4 Å². The van der Waals surface area contributed by atoms with Crippen molar-refractivity contribution < 1.29 is 14.3 Å². The normalized spacial score (nSPS) is 19.8. The highest BCUT2D eigenvalue weighted by Gasteiger charge is 2.45. The summed E-state index contributed by atoms with van der Waals surface area (Å²) >= 11 is 0. The third-order valence-electron chi connectivity index (χ3n) is 6.47. The molecule has 3 heterocycles. The number of carbonyl (C=O) groups excluding carboxylic acids is 1. The molecule has 7 heteroatoms. The first-order chi connectivity index (χ1) is 15.0. The van der Waals surface area contributed by atoms with Gasteiger partial charge in [-0.3, -0.25) is 14.2 Å². The number of hydrogen-bond acceptors (Lipinski definition) is 5. The van der Waals surface area contributed by atoms with Crippen molar-refractivity contribution in [3.05, 3.63) is 63.7 Å². The number of fused-ring (bicyclic) bond motifs is 5. The highest BCUT2D eigenvalue weighted by atomic mass is 16.5. The maximum atomic E-state index is 13.7. The van der Waals surface area contributed by atoms with Gasteiger partial charge < -0.3 is 14.4 Å². The molecule has 1 amide bonds. The average molecular weight is 419 g/mol. The monoisotopic (exact) mass is 419 g/mol. The van der Waals surface area contributed by atoms with Crippen LogP contribution in [0.2, 0.25) is 0 Å². The van der Waals surface area contributed by atoms with Crippen molar-refractivity contribution in [1.29, 1.82) is 0 Å². The number of benzene rings is 2. The van der Waals surface area contributed by atoms with Crippen LogP contribution in [0, 0.1) is 5.92 Å². The molecule has 0 fully saturated rings. The second kappa shape index (κ2) is 7.11. The summed E-state index contributed by atoms with van der Waals surface area (Å²) in [5.74, 6) is 2.02. The summed E-state index contributed by atoms with van der Waals surface area (Å²) in [5, 5.41) is 0.536. The molecule has 0 bridgehead atoms. The average Bonchev–Trinajstić information content (AvgIpc) is 2.78. The Hall–Kier alpha value is -3.35. The van der Waals surface area contributed by atoms with Crippen LogP contribution in [-0.4, -0.2) is 34.6 Å². The van der Waals surface area contributed by atoms with Gasteiger partial charge in [0.2, 0.25) is 5.91 Å². The van der Waals surface area contributed by atoms with Crippen LogP contribution in [0.4, 0.5) is 0 Å². The van der Waals surface area contributed by atoms with Gasteiger partial charge in [0.1, 0.15) is 23.4 Å². The number of ether oxygens (including phenoxy) is 2. The Bertz CT molecular complexity index is 1260. The molecule has 0 radical (unpaired) electrons. The van der Waals surface area contributed by atoms with Crippen LogP contribution in [0.25, 0.3) is 10.9 Å². The Labute approximate surface area is 180 Å². The quantitative estimate of drug-likeness (QED) is 0.652. The van der Waals surface area contributed by atoms with E-state index in [1.54, 1.807) is 24.9 Å². The van der Waals surface area contributed by atoms with E-state index in [2.05, 4.69) is 0 Å². The van der Waals surface area contributed by atoms with Gasteiger partial charge in [-0.05, 0) is 30.2 Å². The van der Waals surface area contributed by atoms with E-state index in [4.69, 9.17) is 14.5 Å². The molecule has 3 aromatic rings. The maximum Gasteiger partial charge on any atom is 0.262 e. The topological polar surface area (TPSA) is 73.7 Å². The molecule has 31 heavy (non-hydrogen) atoms. The molecular weight excluding hydrogens is 394 g/mol. The van der Waals surface area contributed by atoms with E-state index in [0.717, 1.165) is 22.6 Å². The first-order valence-electron chi connectivity index (χ1n) is 10.5. The largest absolute Gasteiger partial charge is 0.496 e. The number of rotatable bonds is 3. The predicted molar refractivity (Wildman–Crippen MR) is 116 cm³/mol. The number of amides is 1. The summed E-state index contributed by atoms with van der Waals surface area (Å²) < 4.78 is 12.8. The molecule has 2 aliphatic heterocycles. The molecule has 7 nitrogen and oxygen atoms in total. The van der Waals surface area contributed by atoms with Crippen LogP contribution in [-0.2, 0) is 17.8 Å². The van der Waals surface area contributed by atoms with Gasteiger partial charge in [-0.25, -0.2) is 4.98 Å². The van der Waals surface area contributed by atoms with Gasteiger partial charge in [-0.2, -0.15) is 0 Å². The van der Waals surface area contributed by atoms with E-state index >= 15 is 0 Å². The lowest BCUT2D eigenvalue weighted by atomic mass is 9.87. The van der Waals surface area contributed by atoms with Gasteiger partial charge >= 0.3 is 0 Å². The molecule has 0 saturated carbocycles. The zero-order valence-electron chi connectivity index (χ0n) is 18.1. The van der Waals surface area contributed by atoms with E-state index in [1.807, 2.05) is 49.1 Å². The smallest absolute Gasteiger partial charge is 0.262 e. The summed E-state index contributed by atoms with van der Waals surface area (Å²) in [6.07, 6.45) is 0.511. The second-order valence-corrected chi connectivity index (χ2v) is 8.46. The molecule has 0 aliphatic carbocycles. The molecule has 0 unspecified atom stereocenters. The van der Waals surface area contributed by atoms with E-state index < -0.39 is 6.04 Å². The minimum atomic E-state index is -0.589. The number of aromatic nitrogens is 2. The summed E-state index contributed by atoms with van der Waals surface area (Å²) in [4.78, 5) is 33.9. The Balaban J connectivity index is 1.78. The maximum absolute atomic E-state index is 13.7. The molecule has 2 atom stereocenters. The lowest BCUT2D eigenvalue weighted by Crippen LogP contribution is -2.53. The summed E-state index contributed by atoms with van der Waals surface area (Å²) in [7, 11) is 3.27. The number of para-hydroxylation sites is 1. The SMILES string of the molecule is COc1ccc(OC)c2c1C[C@@H]1c3nc4ccccc4c(=O)n3[C@@H](C(C)C)C(=O)N1C2. The van der Waals surface area contributed by atoms with Gasteiger partial charge in [-0.1, -0.05) is 26.0 Å². The molecular formula is C24H25N3O4. The summed E-state index contributed by atoms with van der Waals surface area (Å²) in [6, 6.07) is 10.2. The molecule has 2 aliphatic rings. The third kappa shape index (κ3) is 2.76.